The standard InChI is InChI=1S/C18H18N2O6/c1-9-14(17(21)22)15(16(18(23)26-4)11(8-19)20-9)10-5-6-12(24-2)13(7-10)25-3/h5-7,14-15H,1-4H3,(H,21,22). The molecule has 1 aliphatic heterocycles. The lowest BCUT2D eigenvalue weighted by atomic mass is 9.75. The van der Waals surface area contributed by atoms with Gasteiger partial charge in [0.25, 0.3) is 0 Å². The Labute approximate surface area is 150 Å². The second-order valence-electron chi connectivity index (χ2n) is 5.53. The highest BCUT2D eigenvalue weighted by atomic mass is 16.5. The van der Waals surface area contributed by atoms with E-state index in [9.17, 15) is 20.0 Å². The third-order valence-electron chi connectivity index (χ3n) is 4.18. The van der Waals surface area contributed by atoms with E-state index in [-0.39, 0.29) is 17.0 Å². The Hall–Kier alpha value is -3.34. The van der Waals surface area contributed by atoms with Crippen LogP contribution < -0.4 is 9.47 Å². The molecule has 136 valence electrons. The van der Waals surface area contributed by atoms with Gasteiger partial charge in [-0.25, -0.2) is 9.79 Å². The number of carbonyl (C=O) groups excluding carboxylic acids is 1. The molecule has 26 heavy (non-hydrogen) atoms. The summed E-state index contributed by atoms with van der Waals surface area (Å²) in [5.74, 6) is -3.22. The largest absolute Gasteiger partial charge is 0.493 e. The van der Waals surface area contributed by atoms with Gasteiger partial charge in [0.1, 0.15) is 12.0 Å². The van der Waals surface area contributed by atoms with Gasteiger partial charge in [0.15, 0.2) is 17.2 Å². The molecule has 1 N–H and O–H groups in total. The highest BCUT2D eigenvalue weighted by molar-refractivity contribution is 6.07. The summed E-state index contributed by atoms with van der Waals surface area (Å²) in [6.45, 7) is 1.51. The van der Waals surface area contributed by atoms with Crippen LogP contribution in [0.5, 0.6) is 11.5 Å². The van der Waals surface area contributed by atoms with Gasteiger partial charge >= 0.3 is 11.9 Å². The zero-order chi connectivity index (χ0) is 19.4. The Kier molecular flexibility index (Phi) is 5.62. The fourth-order valence-electron chi connectivity index (χ4n) is 3.01. The van der Waals surface area contributed by atoms with E-state index in [4.69, 9.17) is 14.2 Å². The van der Waals surface area contributed by atoms with E-state index in [1.165, 1.54) is 21.1 Å². The second-order valence-corrected chi connectivity index (χ2v) is 5.53. The van der Waals surface area contributed by atoms with Crippen LogP contribution in [0, 0.1) is 17.2 Å². The highest BCUT2D eigenvalue weighted by Gasteiger charge is 2.42. The van der Waals surface area contributed by atoms with Gasteiger partial charge in [-0.3, -0.25) is 4.79 Å². The minimum atomic E-state index is -1.16. The van der Waals surface area contributed by atoms with Gasteiger partial charge in [-0.2, -0.15) is 5.26 Å². The SMILES string of the molecule is COC(=O)C1=C(C#N)N=C(C)C(C(=O)O)C1c1ccc(OC)c(OC)c1. The van der Waals surface area contributed by atoms with Crippen molar-refractivity contribution < 1.29 is 28.9 Å². The van der Waals surface area contributed by atoms with E-state index in [1.54, 1.807) is 18.2 Å². The van der Waals surface area contributed by atoms with E-state index in [0.29, 0.717) is 17.1 Å². The van der Waals surface area contributed by atoms with Gasteiger partial charge in [0, 0.05) is 11.6 Å². The molecule has 0 aromatic heterocycles. The van der Waals surface area contributed by atoms with Crippen LogP contribution in [0.15, 0.2) is 34.5 Å². The molecule has 0 saturated carbocycles. The van der Waals surface area contributed by atoms with Crippen LogP contribution in [-0.4, -0.2) is 44.1 Å². The van der Waals surface area contributed by atoms with E-state index >= 15 is 0 Å². The Balaban J connectivity index is 2.76. The van der Waals surface area contributed by atoms with Crippen LogP contribution in [0.2, 0.25) is 0 Å². The van der Waals surface area contributed by atoms with E-state index < -0.39 is 23.8 Å². The fourth-order valence-corrected chi connectivity index (χ4v) is 3.01. The van der Waals surface area contributed by atoms with Gasteiger partial charge in [-0.1, -0.05) is 6.07 Å². The number of rotatable bonds is 5. The predicted octanol–water partition coefficient (Wildman–Crippen LogP) is 1.91. The van der Waals surface area contributed by atoms with Crippen molar-refractivity contribution in [2.75, 3.05) is 21.3 Å². The molecule has 2 rings (SSSR count). The third kappa shape index (κ3) is 3.24. The number of carbonyl (C=O) groups is 2. The van der Waals surface area contributed by atoms with Crippen LogP contribution in [0.1, 0.15) is 18.4 Å². The number of allylic oxidation sites excluding steroid dienone is 1. The molecule has 0 bridgehead atoms. The van der Waals surface area contributed by atoms with Crippen molar-refractivity contribution in [1.82, 2.24) is 0 Å². The van der Waals surface area contributed by atoms with Gasteiger partial charge < -0.3 is 19.3 Å². The van der Waals surface area contributed by atoms with Crippen molar-refractivity contribution in [2.45, 2.75) is 12.8 Å². The van der Waals surface area contributed by atoms with Crippen LogP contribution in [0.25, 0.3) is 0 Å². The molecule has 0 radical (unpaired) electrons. The summed E-state index contributed by atoms with van der Waals surface area (Å²) in [5.41, 5.74) is 0.436. The first kappa shape index (κ1) is 19.0. The molecule has 2 unspecified atom stereocenters. The predicted molar refractivity (Wildman–Crippen MR) is 91.2 cm³/mol. The summed E-state index contributed by atoms with van der Waals surface area (Å²) < 4.78 is 15.2. The molecule has 1 aromatic rings. The van der Waals surface area contributed by atoms with Crippen LogP contribution in [-0.2, 0) is 14.3 Å². The molecular formula is C18H18N2O6. The number of ether oxygens (including phenoxy) is 3. The van der Waals surface area contributed by atoms with Crippen molar-refractivity contribution in [3.63, 3.8) is 0 Å². The number of hydrogen-bond acceptors (Lipinski definition) is 7. The molecule has 1 aromatic carbocycles. The molecule has 2 atom stereocenters. The van der Waals surface area contributed by atoms with Crippen LogP contribution in [0.3, 0.4) is 0 Å². The average molecular weight is 358 g/mol. The number of benzene rings is 1. The molecule has 1 heterocycles. The fraction of sp³-hybridized carbons (Fsp3) is 0.333. The number of methoxy groups -OCH3 is 3. The molecule has 0 spiro atoms. The van der Waals surface area contributed by atoms with Crippen molar-refractivity contribution in [1.29, 1.82) is 5.26 Å². The Morgan fingerprint density at radius 3 is 2.35 bits per heavy atom. The smallest absolute Gasteiger partial charge is 0.337 e. The number of aliphatic imine (C=N–C) groups is 1. The molecule has 0 amide bonds. The number of carboxylic acids is 1. The van der Waals surface area contributed by atoms with Gasteiger partial charge in [-0.05, 0) is 24.6 Å². The number of esters is 1. The molecule has 8 nitrogen and oxygen atoms in total. The topological polar surface area (TPSA) is 118 Å². The molecular weight excluding hydrogens is 340 g/mol. The second kappa shape index (κ2) is 7.70. The molecule has 0 saturated heterocycles. The summed E-state index contributed by atoms with van der Waals surface area (Å²) in [4.78, 5) is 28.2. The van der Waals surface area contributed by atoms with Crippen molar-refractivity contribution >= 4 is 17.7 Å². The Morgan fingerprint density at radius 1 is 1.19 bits per heavy atom. The lowest BCUT2D eigenvalue weighted by molar-refractivity contribution is -0.140. The summed E-state index contributed by atoms with van der Waals surface area (Å²) in [6.07, 6.45) is 0. The zero-order valence-corrected chi connectivity index (χ0v) is 14.8. The first-order valence-corrected chi connectivity index (χ1v) is 7.62. The first-order valence-electron chi connectivity index (χ1n) is 7.62. The monoisotopic (exact) mass is 358 g/mol. The van der Waals surface area contributed by atoms with Crippen LogP contribution >= 0.6 is 0 Å². The van der Waals surface area contributed by atoms with Gasteiger partial charge in [0.05, 0.1) is 26.9 Å². The minimum Gasteiger partial charge on any atom is -0.493 e. The number of aliphatic carboxylic acids is 1. The van der Waals surface area contributed by atoms with Crippen molar-refractivity contribution in [2.24, 2.45) is 10.9 Å². The Bertz CT molecular complexity index is 850. The third-order valence-corrected chi connectivity index (χ3v) is 4.18. The summed E-state index contributed by atoms with van der Waals surface area (Å²) in [7, 11) is 4.08. The quantitative estimate of drug-likeness (QED) is 0.799. The maximum absolute atomic E-state index is 12.3. The molecule has 0 fully saturated rings. The normalized spacial score (nSPS) is 19.3. The van der Waals surface area contributed by atoms with Crippen molar-refractivity contribution in [3.8, 4) is 17.6 Å². The van der Waals surface area contributed by atoms with E-state index in [0.717, 1.165) is 7.11 Å². The molecule has 0 aliphatic carbocycles. The summed E-state index contributed by atoms with van der Waals surface area (Å²) >= 11 is 0. The Morgan fingerprint density at radius 2 is 1.85 bits per heavy atom. The highest BCUT2D eigenvalue weighted by Crippen LogP contribution is 2.42. The van der Waals surface area contributed by atoms with E-state index in [1.807, 2.05) is 6.07 Å². The van der Waals surface area contributed by atoms with Gasteiger partial charge in [0.2, 0.25) is 0 Å². The minimum absolute atomic E-state index is 0.0970. The van der Waals surface area contributed by atoms with Crippen LogP contribution in [0.4, 0.5) is 0 Å². The van der Waals surface area contributed by atoms with Gasteiger partial charge in [-0.15, -0.1) is 0 Å². The first-order chi connectivity index (χ1) is 12.4. The maximum atomic E-state index is 12.3. The summed E-state index contributed by atoms with van der Waals surface area (Å²) in [5, 5.41) is 19.1. The van der Waals surface area contributed by atoms with E-state index in [2.05, 4.69) is 4.99 Å². The number of nitriles is 1. The van der Waals surface area contributed by atoms with Crippen molar-refractivity contribution in [3.05, 3.63) is 35.0 Å². The molecule has 1 aliphatic rings. The number of carboxylic acid groups (broad SMARTS) is 1. The lowest BCUT2D eigenvalue weighted by Crippen LogP contribution is -2.35. The summed E-state index contributed by atoms with van der Waals surface area (Å²) in [6, 6.07) is 6.66. The number of hydrogen-bond donors (Lipinski definition) is 1. The molecule has 8 heteroatoms. The number of nitrogens with zero attached hydrogens (tertiary/aromatic N) is 2. The zero-order valence-electron chi connectivity index (χ0n) is 14.8. The maximum Gasteiger partial charge on any atom is 0.337 e. The average Bonchev–Trinajstić information content (AvgIpc) is 2.65. The lowest BCUT2D eigenvalue weighted by Gasteiger charge is -2.29.